The minimum Gasteiger partial charge on any atom is -0.502 e. The van der Waals surface area contributed by atoms with E-state index in [1.54, 1.807) is 6.07 Å². The van der Waals surface area contributed by atoms with Gasteiger partial charge < -0.3 is 14.6 Å². The quantitative estimate of drug-likeness (QED) is 0.282. The lowest BCUT2D eigenvalue weighted by Gasteiger charge is -2.06. The van der Waals surface area contributed by atoms with Crippen molar-refractivity contribution in [2.45, 2.75) is 0 Å². The Hall–Kier alpha value is -3.38. The highest BCUT2D eigenvalue weighted by molar-refractivity contribution is 7.17. The van der Waals surface area contributed by atoms with Crippen molar-refractivity contribution < 1.29 is 24.2 Å². The number of carbonyl (C=O) groups is 2. The zero-order valence-corrected chi connectivity index (χ0v) is 15.2. The van der Waals surface area contributed by atoms with Gasteiger partial charge in [-0.2, -0.15) is 0 Å². The van der Waals surface area contributed by atoms with Gasteiger partial charge in [-0.3, -0.25) is 4.79 Å². The second-order valence-corrected chi connectivity index (χ2v) is 6.57. The molecule has 27 heavy (non-hydrogen) atoms. The van der Waals surface area contributed by atoms with E-state index in [1.807, 2.05) is 60.7 Å². The molecule has 6 heteroatoms. The number of ether oxygens (including phenoxy) is 2. The second kappa shape index (κ2) is 8.33. The number of ketones is 1. The predicted octanol–water partition coefficient (Wildman–Crippen LogP) is 5.01. The number of thiophene rings is 1. The maximum Gasteiger partial charge on any atom is 0.373 e. The molecule has 136 valence electrons. The summed E-state index contributed by atoms with van der Waals surface area (Å²) in [7, 11) is 1.13. The molecule has 1 N–H and O–H groups in total. The van der Waals surface area contributed by atoms with E-state index in [0.717, 1.165) is 29.4 Å². The lowest BCUT2D eigenvalue weighted by atomic mass is 10.2. The molecule has 0 aliphatic heterocycles. The maximum absolute atomic E-state index is 12.1. The van der Waals surface area contributed by atoms with E-state index in [9.17, 15) is 14.7 Å². The molecule has 0 fully saturated rings. The van der Waals surface area contributed by atoms with Crippen LogP contribution >= 0.6 is 11.3 Å². The summed E-state index contributed by atoms with van der Waals surface area (Å²) in [5.74, 6) is -0.664. The average molecular weight is 380 g/mol. The molecule has 1 aromatic heterocycles. The first-order valence-electron chi connectivity index (χ1n) is 8.03. The molecular formula is C21H16O5S. The summed E-state index contributed by atoms with van der Waals surface area (Å²) in [6.45, 7) is 0. The fraction of sp³-hybridized carbons (Fsp3) is 0.0476. The number of methoxy groups -OCH3 is 1. The van der Waals surface area contributed by atoms with Crippen molar-refractivity contribution in [3.05, 3.63) is 83.4 Å². The highest BCUT2D eigenvalue weighted by Gasteiger charge is 2.13. The fourth-order valence-electron chi connectivity index (χ4n) is 2.30. The second-order valence-electron chi connectivity index (χ2n) is 5.49. The molecular weight excluding hydrogens is 364 g/mol. The van der Waals surface area contributed by atoms with Crippen LogP contribution in [0.2, 0.25) is 0 Å². The summed E-state index contributed by atoms with van der Waals surface area (Å²) in [5, 5.41) is 9.48. The minimum atomic E-state index is -0.950. The highest BCUT2D eigenvalue weighted by Crippen LogP contribution is 2.31. The number of hydrogen-bond acceptors (Lipinski definition) is 6. The molecule has 3 aromatic rings. The van der Waals surface area contributed by atoms with Crippen LogP contribution in [0.25, 0.3) is 10.4 Å². The monoisotopic (exact) mass is 380 g/mol. The molecule has 5 nitrogen and oxygen atoms in total. The van der Waals surface area contributed by atoms with E-state index >= 15 is 0 Å². The van der Waals surface area contributed by atoms with Gasteiger partial charge in [-0.05, 0) is 54.1 Å². The van der Waals surface area contributed by atoms with E-state index in [2.05, 4.69) is 4.74 Å². The Morgan fingerprint density at radius 2 is 1.59 bits per heavy atom. The Labute approximate surface area is 160 Å². The van der Waals surface area contributed by atoms with Crippen molar-refractivity contribution in [2.24, 2.45) is 0 Å². The van der Waals surface area contributed by atoms with Gasteiger partial charge in [0.1, 0.15) is 11.5 Å². The van der Waals surface area contributed by atoms with Crippen LogP contribution in [0.4, 0.5) is 0 Å². The topological polar surface area (TPSA) is 72.8 Å². The van der Waals surface area contributed by atoms with Crippen LogP contribution in [0, 0.1) is 0 Å². The Morgan fingerprint density at radius 3 is 2.26 bits per heavy atom. The molecule has 0 atom stereocenters. The van der Waals surface area contributed by atoms with E-state index in [-0.39, 0.29) is 0 Å². The van der Waals surface area contributed by atoms with Gasteiger partial charge in [-0.25, -0.2) is 4.79 Å². The third-order valence-electron chi connectivity index (χ3n) is 3.63. The van der Waals surface area contributed by atoms with Crippen molar-refractivity contribution in [1.29, 1.82) is 0 Å². The number of para-hydroxylation sites is 1. The number of allylic oxidation sites excluding steroid dienone is 1. The summed E-state index contributed by atoms with van der Waals surface area (Å²) < 4.78 is 10.1. The summed E-state index contributed by atoms with van der Waals surface area (Å²) in [5.41, 5.74) is 0.931. The number of rotatable bonds is 6. The number of aliphatic hydroxyl groups excluding tert-OH is 1. The fourth-order valence-corrected chi connectivity index (χ4v) is 3.22. The summed E-state index contributed by atoms with van der Waals surface area (Å²) in [4.78, 5) is 24.6. The zero-order valence-electron chi connectivity index (χ0n) is 14.4. The van der Waals surface area contributed by atoms with E-state index in [0.29, 0.717) is 10.6 Å². The van der Waals surface area contributed by atoms with Gasteiger partial charge in [0.25, 0.3) is 0 Å². The first-order valence-corrected chi connectivity index (χ1v) is 8.85. The number of esters is 1. The Bertz CT molecular complexity index is 971. The third-order valence-corrected chi connectivity index (χ3v) is 4.78. The summed E-state index contributed by atoms with van der Waals surface area (Å²) >= 11 is 1.27. The molecule has 0 radical (unpaired) electrons. The third kappa shape index (κ3) is 4.62. The Balaban J connectivity index is 1.73. The van der Waals surface area contributed by atoms with Crippen LogP contribution < -0.4 is 4.74 Å². The highest BCUT2D eigenvalue weighted by atomic mass is 32.1. The minimum absolute atomic E-state index is 0.407. The Morgan fingerprint density at radius 1 is 0.926 bits per heavy atom. The molecule has 0 aliphatic carbocycles. The molecule has 0 bridgehead atoms. The van der Waals surface area contributed by atoms with Gasteiger partial charge in [0.05, 0.1) is 12.0 Å². The number of aliphatic hydroxyl groups is 1. The van der Waals surface area contributed by atoms with Crippen molar-refractivity contribution in [2.75, 3.05) is 7.11 Å². The smallest absolute Gasteiger partial charge is 0.373 e. The normalized spacial score (nSPS) is 11.1. The SMILES string of the molecule is COC(=O)C(O)=CC(=O)c1ccc(-c2ccc(Oc3ccccc3)cc2)s1. The summed E-state index contributed by atoms with van der Waals surface area (Å²) in [6.07, 6.45) is 0.859. The number of carbonyl (C=O) groups excluding carboxylic acids is 2. The molecule has 0 saturated carbocycles. The molecule has 0 spiro atoms. The van der Waals surface area contributed by atoms with E-state index in [4.69, 9.17) is 4.74 Å². The van der Waals surface area contributed by atoms with Crippen LogP contribution in [0.15, 0.2) is 78.6 Å². The van der Waals surface area contributed by atoms with Crippen LogP contribution in [0.5, 0.6) is 11.5 Å². The molecule has 1 heterocycles. The largest absolute Gasteiger partial charge is 0.502 e. The first kappa shape index (κ1) is 18.4. The standard InChI is InChI=1S/C21H16O5S/c1-25-21(24)18(23)13-17(22)20-12-11-19(27-20)14-7-9-16(10-8-14)26-15-5-3-2-4-6-15/h2-13,23H,1H3. The average Bonchev–Trinajstić information content (AvgIpc) is 3.19. The molecule has 2 aromatic carbocycles. The zero-order chi connectivity index (χ0) is 19.2. The van der Waals surface area contributed by atoms with Gasteiger partial charge in [0.2, 0.25) is 5.76 Å². The first-order chi connectivity index (χ1) is 13.1. The maximum atomic E-state index is 12.1. The van der Waals surface area contributed by atoms with Crippen LogP contribution in [0.1, 0.15) is 9.67 Å². The molecule has 0 unspecified atom stereocenters. The molecule has 3 rings (SSSR count). The van der Waals surface area contributed by atoms with Crippen LogP contribution in [-0.2, 0) is 9.53 Å². The predicted molar refractivity (Wildman–Crippen MR) is 103 cm³/mol. The molecule has 0 aliphatic rings. The van der Waals surface area contributed by atoms with E-state index < -0.39 is 17.5 Å². The van der Waals surface area contributed by atoms with Crippen molar-refractivity contribution in [1.82, 2.24) is 0 Å². The Kier molecular flexibility index (Phi) is 5.68. The summed E-state index contributed by atoms with van der Waals surface area (Å²) in [6, 6.07) is 20.5. The van der Waals surface area contributed by atoms with E-state index in [1.165, 1.54) is 11.3 Å². The van der Waals surface area contributed by atoms with Crippen LogP contribution in [-0.4, -0.2) is 24.0 Å². The van der Waals surface area contributed by atoms with Crippen molar-refractivity contribution in [3.63, 3.8) is 0 Å². The van der Waals surface area contributed by atoms with Gasteiger partial charge in [-0.1, -0.05) is 18.2 Å². The van der Waals surface area contributed by atoms with Crippen molar-refractivity contribution >= 4 is 23.1 Å². The lowest BCUT2D eigenvalue weighted by molar-refractivity contribution is -0.139. The number of hydrogen-bond donors (Lipinski definition) is 1. The molecule has 0 saturated heterocycles. The number of benzene rings is 2. The van der Waals surface area contributed by atoms with Gasteiger partial charge in [-0.15, -0.1) is 11.3 Å². The van der Waals surface area contributed by atoms with Crippen LogP contribution in [0.3, 0.4) is 0 Å². The molecule has 0 amide bonds. The van der Waals surface area contributed by atoms with Gasteiger partial charge in [0, 0.05) is 11.0 Å². The van der Waals surface area contributed by atoms with Gasteiger partial charge >= 0.3 is 5.97 Å². The van der Waals surface area contributed by atoms with Crippen molar-refractivity contribution in [3.8, 4) is 21.9 Å². The van der Waals surface area contributed by atoms with Gasteiger partial charge in [0.15, 0.2) is 5.78 Å². The lowest BCUT2D eigenvalue weighted by Crippen LogP contribution is -2.06.